The van der Waals surface area contributed by atoms with Gasteiger partial charge in [-0.25, -0.2) is 8.42 Å². The Labute approximate surface area is 664 Å². The predicted molar refractivity (Wildman–Crippen MR) is 432 cm³/mol. The van der Waals surface area contributed by atoms with Gasteiger partial charge in [-0.15, -0.1) is 13.2 Å². The van der Waals surface area contributed by atoms with Gasteiger partial charge < -0.3 is 85.8 Å². The van der Waals surface area contributed by atoms with Crippen LogP contribution in [0.5, 0.6) is 63.2 Å². The van der Waals surface area contributed by atoms with Crippen LogP contribution in [0.3, 0.4) is 0 Å². The average Bonchev–Trinajstić information content (AvgIpc) is 0.811. The second-order valence-electron chi connectivity index (χ2n) is 25.9. The number of nitrogens with two attached hydrogens (primary N) is 10. The fraction of sp³-hybridized carbons (Fsp3) is 0.0930. The summed E-state index contributed by atoms with van der Waals surface area (Å²) in [6, 6.07) is 67.5. The molecule has 0 unspecified atom stereocenters. The number of hydrogen-bond acceptors (Lipinski definition) is 18. The molecule has 20 N–H and O–H groups in total. The summed E-state index contributed by atoms with van der Waals surface area (Å²) in [5.74, 6) is 2.15. The highest BCUT2D eigenvalue weighted by Crippen LogP contribution is 2.45. The predicted octanol–water partition coefficient (Wildman–Crippen LogP) is 22.6. The number of ether oxygens (including phenoxy) is 6. The molecule has 0 aliphatic rings. The average molecular weight is 1640 g/mol. The minimum absolute atomic E-state index is 0.0114. The number of aryl methyl sites for hydroxylation is 4. The zero-order valence-electron chi connectivity index (χ0n) is 62.4. The van der Waals surface area contributed by atoms with Crippen LogP contribution in [0.4, 0.5) is 110 Å². The highest BCUT2D eigenvalue weighted by Gasteiger charge is 2.38. The van der Waals surface area contributed by atoms with Crippen LogP contribution in [0.1, 0.15) is 38.9 Å². The summed E-state index contributed by atoms with van der Waals surface area (Å²) in [5, 5.41) is 0. The van der Waals surface area contributed by atoms with Crippen LogP contribution in [-0.2, 0) is 28.4 Å². The van der Waals surface area contributed by atoms with E-state index in [9.17, 15) is 61.1 Å². The quantitative estimate of drug-likeness (QED) is 0.0337. The van der Waals surface area contributed by atoms with Crippen molar-refractivity contribution in [2.24, 2.45) is 0 Å². The molecule has 608 valence electrons. The van der Waals surface area contributed by atoms with E-state index in [1.54, 1.807) is 129 Å². The standard InChI is InChI=1S/C26H21F3N2O2.C20H17F3N2O2.2C14H13F3N2O.C12H12N2O2S/c1-16-14-19(30)6-12-24(16)32-21-8-2-17(3-9-21)18-4-10-22(11-5-18)33-25-13-7-20(31)15-23(25)26(27,28)29;1-12-10-13(24)2-8-18(12)26-15-4-6-16(7-5-15)27-19-9-3-14(25)11-17(19)20(21,22)23;1-8-6-9(18)2-4-12(8)20-13-5-3-10(19)7-11(13)14(15,16)17;1-8-6-9(18)2-4-11(8)12-5-3-10(19)7-13(12)20-14(15,16)17;13-9-1-5-11(6-2-9)17(15,16)12-7-3-10(14)4-8-12/h2-15H,30-31H2,1H3;2-11H,24-25H2,1H3;2*2-7H,18-19H2,1H3;1-8H,13-14H2. The molecular weight excluding hydrogens is 1560 g/mol. The summed E-state index contributed by atoms with van der Waals surface area (Å²) in [6.07, 6.45) is -18.4. The van der Waals surface area contributed by atoms with E-state index in [1.807, 2.05) is 50.2 Å². The van der Waals surface area contributed by atoms with Gasteiger partial charge in [0, 0.05) is 68.5 Å². The Morgan fingerprint density at radius 2 is 0.479 bits per heavy atom. The Bertz CT molecular complexity index is 5680. The molecule has 31 heteroatoms. The Balaban J connectivity index is 0.000000170. The van der Waals surface area contributed by atoms with Gasteiger partial charge in [-0.1, -0.05) is 30.3 Å². The third-order valence-electron chi connectivity index (χ3n) is 16.7. The number of anilines is 10. The maximum atomic E-state index is 13.3. The molecule has 13 aromatic carbocycles. The third-order valence-corrected chi connectivity index (χ3v) is 18.5. The molecule has 0 bridgehead atoms. The lowest BCUT2D eigenvalue weighted by atomic mass is 9.99. The van der Waals surface area contributed by atoms with Crippen molar-refractivity contribution in [3.63, 3.8) is 0 Å². The Morgan fingerprint density at radius 1 is 0.239 bits per heavy atom. The van der Waals surface area contributed by atoms with Crippen LogP contribution >= 0.6 is 0 Å². The molecular formula is C86H76F12N10O8S. The van der Waals surface area contributed by atoms with Gasteiger partial charge in [-0.05, 0) is 297 Å². The number of sulfone groups is 1. The molecule has 0 heterocycles. The monoisotopic (exact) mass is 1640 g/mol. The van der Waals surface area contributed by atoms with E-state index in [1.165, 1.54) is 91.0 Å². The second kappa shape index (κ2) is 36.7. The molecule has 0 aliphatic heterocycles. The first-order valence-corrected chi connectivity index (χ1v) is 36.1. The molecule has 0 radical (unpaired) electrons. The lowest BCUT2D eigenvalue weighted by molar-refractivity contribution is -0.274. The molecule has 0 atom stereocenters. The summed E-state index contributed by atoms with van der Waals surface area (Å²) in [6.45, 7) is 7.25. The van der Waals surface area contributed by atoms with Crippen molar-refractivity contribution < 1.29 is 89.5 Å². The van der Waals surface area contributed by atoms with E-state index in [-0.39, 0.29) is 67.0 Å². The molecule has 0 saturated carbocycles. The highest BCUT2D eigenvalue weighted by molar-refractivity contribution is 7.91. The van der Waals surface area contributed by atoms with E-state index in [2.05, 4.69) is 4.74 Å². The molecule has 0 fully saturated rings. The minimum Gasteiger partial charge on any atom is -0.457 e. The summed E-state index contributed by atoms with van der Waals surface area (Å²) in [4.78, 5) is 0.438. The van der Waals surface area contributed by atoms with Crippen LogP contribution in [0.2, 0.25) is 0 Å². The van der Waals surface area contributed by atoms with Crippen molar-refractivity contribution in [1.29, 1.82) is 0 Å². The zero-order chi connectivity index (χ0) is 85.5. The molecule has 13 aromatic rings. The Morgan fingerprint density at radius 3 is 0.778 bits per heavy atom. The molecule has 0 aromatic heterocycles. The lowest BCUT2D eigenvalue weighted by Gasteiger charge is -2.15. The normalized spacial score (nSPS) is 11.3. The minimum atomic E-state index is -4.77. The van der Waals surface area contributed by atoms with E-state index in [4.69, 9.17) is 81.0 Å². The van der Waals surface area contributed by atoms with Crippen LogP contribution in [-0.4, -0.2) is 14.8 Å². The lowest BCUT2D eigenvalue weighted by Crippen LogP contribution is -2.17. The van der Waals surface area contributed by atoms with Gasteiger partial charge in [-0.2, -0.15) is 39.5 Å². The van der Waals surface area contributed by atoms with Crippen LogP contribution in [0, 0.1) is 27.7 Å². The molecule has 117 heavy (non-hydrogen) atoms. The largest absolute Gasteiger partial charge is 0.573 e. The first-order valence-electron chi connectivity index (χ1n) is 34.6. The molecule has 0 aliphatic carbocycles. The number of halogens is 12. The van der Waals surface area contributed by atoms with Crippen LogP contribution in [0.15, 0.2) is 277 Å². The zero-order valence-corrected chi connectivity index (χ0v) is 63.2. The van der Waals surface area contributed by atoms with Crippen molar-refractivity contribution in [2.45, 2.75) is 62.4 Å². The number of hydrogen-bond donors (Lipinski definition) is 10. The number of alkyl halides is 12. The van der Waals surface area contributed by atoms with Crippen molar-refractivity contribution >= 4 is 66.7 Å². The van der Waals surface area contributed by atoms with Gasteiger partial charge in [0.25, 0.3) is 0 Å². The number of nitrogen functional groups attached to an aromatic ring is 10. The van der Waals surface area contributed by atoms with Crippen LogP contribution in [0.25, 0.3) is 22.3 Å². The Hall–Kier alpha value is -14.2. The third kappa shape index (κ3) is 24.6. The van der Waals surface area contributed by atoms with Gasteiger partial charge in [0.1, 0.15) is 79.9 Å². The molecule has 18 nitrogen and oxygen atoms in total. The fourth-order valence-electron chi connectivity index (χ4n) is 11.0. The topological polar surface area (TPSA) is 350 Å². The van der Waals surface area contributed by atoms with Gasteiger partial charge in [0.15, 0.2) is 0 Å². The van der Waals surface area contributed by atoms with Gasteiger partial charge in [0.05, 0.1) is 9.79 Å². The van der Waals surface area contributed by atoms with Crippen molar-refractivity contribution in [3.05, 3.63) is 306 Å². The van der Waals surface area contributed by atoms with E-state index in [0.29, 0.717) is 73.8 Å². The van der Waals surface area contributed by atoms with Crippen molar-refractivity contribution in [1.82, 2.24) is 0 Å². The summed E-state index contributed by atoms with van der Waals surface area (Å²) < 4.78 is 212. The maximum absolute atomic E-state index is 13.3. The molecule has 13 rings (SSSR count). The van der Waals surface area contributed by atoms with Crippen molar-refractivity contribution in [3.8, 4) is 85.5 Å². The highest BCUT2D eigenvalue weighted by atomic mass is 32.2. The summed E-state index contributed by atoms with van der Waals surface area (Å²) in [7, 11) is -3.48. The van der Waals surface area contributed by atoms with Gasteiger partial charge >= 0.3 is 24.9 Å². The van der Waals surface area contributed by atoms with E-state index < -0.39 is 51.4 Å². The molecule has 0 amide bonds. The van der Waals surface area contributed by atoms with E-state index >= 15 is 0 Å². The fourth-order valence-corrected chi connectivity index (χ4v) is 12.2. The number of rotatable bonds is 15. The second-order valence-corrected chi connectivity index (χ2v) is 27.8. The smallest absolute Gasteiger partial charge is 0.457 e. The van der Waals surface area contributed by atoms with Gasteiger partial charge in [0.2, 0.25) is 9.84 Å². The summed E-state index contributed by atoms with van der Waals surface area (Å²) >= 11 is 0. The molecule has 0 spiro atoms. The first kappa shape index (κ1) is 86.7. The maximum Gasteiger partial charge on any atom is 0.573 e. The van der Waals surface area contributed by atoms with Gasteiger partial charge in [-0.3, -0.25) is 0 Å². The SMILES string of the molecule is Cc1cc(N)ccc1-c1ccc(N)cc1OC(F)(F)F.Cc1cc(N)ccc1Oc1ccc(-c2ccc(Oc3ccc(N)cc3C(F)(F)F)cc2)cc1.Cc1cc(N)ccc1Oc1ccc(N)cc1C(F)(F)F.Cc1cc(N)ccc1Oc1ccc(Oc2ccc(N)cc2C(F)(F)F)cc1.Nc1ccc(S(=O)(=O)c2ccc(N)cc2)cc1. The van der Waals surface area contributed by atoms with E-state index in [0.717, 1.165) is 57.8 Å². The van der Waals surface area contributed by atoms with Crippen LogP contribution < -0.4 is 85.8 Å². The summed E-state index contributed by atoms with van der Waals surface area (Å²) in [5.41, 5.74) is 62.5. The Kier molecular flexibility index (Phi) is 27.2. The van der Waals surface area contributed by atoms with Crippen molar-refractivity contribution in [2.75, 3.05) is 57.3 Å². The molecule has 0 saturated heterocycles. The number of benzene rings is 13. The first-order chi connectivity index (χ1) is 54.9.